The third kappa shape index (κ3) is 4.69. The predicted molar refractivity (Wildman–Crippen MR) is 84.1 cm³/mol. The molecule has 1 aliphatic rings. The zero-order chi connectivity index (χ0) is 15.5. The molecule has 0 N–H and O–H groups in total. The summed E-state index contributed by atoms with van der Waals surface area (Å²) in [5, 5.41) is 0. The zero-order valence-corrected chi connectivity index (χ0v) is 14.5. The minimum atomic E-state index is -3.91. The van der Waals surface area contributed by atoms with Gasteiger partial charge in [0.1, 0.15) is 6.10 Å². The summed E-state index contributed by atoms with van der Waals surface area (Å²) in [6.45, 7) is 0. The van der Waals surface area contributed by atoms with Crippen molar-refractivity contribution >= 4 is 41.6 Å². The monoisotopic (exact) mass is 394 g/mol. The van der Waals surface area contributed by atoms with Crippen molar-refractivity contribution in [2.45, 2.75) is 49.5 Å². The summed E-state index contributed by atoms with van der Waals surface area (Å²) in [5.74, 6) is -0.504. The molecule has 0 heterocycles. The Bertz CT molecular complexity index is 622. The van der Waals surface area contributed by atoms with Gasteiger partial charge >= 0.3 is 5.97 Å². The third-order valence-corrected chi connectivity index (χ3v) is 5.82. The summed E-state index contributed by atoms with van der Waals surface area (Å²) in [5.41, 5.74) is 0.196. The number of carbonyl (C=O) groups is 1. The quantitative estimate of drug-likeness (QED) is 0.436. The Morgan fingerprint density at radius 3 is 2.38 bits per heavy atom. The second-order valence-corrected chi connectivity index (χ2v) is 8.49. The van der Waals surface area contributed by atoms with E-state index in [0.717, 1.165) is 25.7 Å². The van der Waals surface area contributed by atoms with Crippen LogP contribution >= 0.6 is 26.6 Å². The number of carbonyl (C=O) groups excluding carboxylic acids is 1. The van der Waals surface area contributed by atoms with Gasteiger partial charge in [0, 0.05) is 15.2 Å². The molecule has 1 saturated carbocycles. The molecular weight excluding hydrogens is 380 g/mol. The van der Waals surface area contributed by atoms with Crippen molar-refractivity contribution in [2.75, 3.05) is 0 Å². The fourth-order valence-corrected chi connectivity index (χ4v) is 4.51. The number of ether oxygens (including phenoxy) is 1. The first-order valence-electron chi connectivity index (χ1n) is 6.83. The first-order chi connectivity index (χ1) is 9.88. The van der Waals surface area contributed by atoms with Crippen molar-refractivity contribution < 1.29 is 17.9 Å². The number of hydrogen-bond acceptors (Lipinski definition) is 4. The Kier molecular flexibility index (Phi) is 5.68. The summed E-state index contributed by atoms with van der Waals surface area (Å²) >= 11 is 3.11. The molecule has 116 valence electrons. The summed E-state index contributed by atoms with van der Waals surface area (Å²) in [6.07, 6.45) is 6.09. The molecule has 1 aromatic rings. The van der Waals surface area contributed by atoms with E-state index in [-0.39, 0.29) is 16.6 Å². The summed E-state index contributed by atoms with van der Waals surface area (Å²) < 4.78 is 28.7. The average Bonchev–Trinajstić information content (AvgIpc) is 2.66. The van der Waals surface area contributed by atoms with Gasteiger partial charge in [0.25, 0.3) is 9.05 Å². The van der Waals surface area contributed by atoms with Crippen LogP contribution in [0.2, 0.25) is 0 Å². The fourth-order valence-electron chi connectivity index (χ4n) is 2.40. The van der Waals surface area contributed by atoms with Gasteiger partial charge in [0.05, 0.1) is 10.5 Å². The number of halogens is 2. The van der Waals surface area contributed by atoms with Crippen LogP contribution in [-0.4, -0.2) is 20.5 Å². The van der Waals surface area contributed by atoms with Crippen LogP contribution in [0.4, 0.5) is 0 Å². The van der Waals surface area contributed by atoms with Crippen LogP contribution in [0.3, 0.4) is 0 Å². The molecule has 0 radical (unpaired) electrons. The lowest BCUT2D eigenvalue weighted by Gasteiger charge is -2.15. The SMILES string of the molecule is O=C(OC1CCCCCC1)c1ccc(Br)c(S(=O)(=O)Cl)c1. The zero-order valence-electron chi connectivity index (χ0n) is 11.3. The maximum absolute atomic E-state index is 12.1. The Balaban J connectivity index is 2.16. The van der Waals surface area contributed by atoms with E-state index in [1.165, 1.54) is 31.0 Å². The van der Waals surface area contributed by atoms with Gasteiger partial charge in [-0.25, -0.2) is 13.2 Å². The van der Waals surface area contributed by atoms with Gasteiger partial charge < -0.3 is 4.74 Å². The van der Waals surface area contributed by atoms with Crippen molar-refractivity contribution in [1.82, 2.24) is 0 Å². The van der Waals surface area contributed by atoms with Gasteiger partial charge in [0.2, 0.25) is 0 Å². The number of hydrogen-bond donors (Lipinski definition) is 0. The molecule has 4 nitrogen and oxygen atoms in total. The second-order valence-electron chi connectivity index (χ2n) is 5.10. The van der Waals surface area contributed by atoms with Gasteiger partial charge in [-0.3, -0.25) is 0 Å². The summed E-state index contributed by atoms with van der Waals surface area (Å²) in [7, 11) is 1.43. The molecule has 1 aromatic carbocycles. The van der Waals surface area contributed by atoms with Crippen molar-refractivity contribution in [2.24, 2.45) is 0 Å². The Labute approximate surface area is 137 Å². The average molecular weight is 396 g/mol. The van der Waals surface area contributed by atoms with Gasteiger partial charge in [-0.05, 0) is 59.8 Å². The molecule has 0 spiro atoms. The number of benzene rings is 1. The minimum Gasteiger partial charge on any atom is -0.459 e. The lowest BCUT2D eigenvalue weighted by Crippen LogP contribution is -2.17. The normalized spacial score (nSPS) is 17.2. The lowest BCUT2D eigenvalue weighted by molar-refractivity contribution is 0.0267. The smallest absolute Gasteiger partial charge is 0.338 e. The standard InChI is InChI=1S/C14H16BrClO4S/c15-12-8-7-10(9-13(12)21(16,18)19)14(17)20-11-5-3-1-2-4-6-11/h7-9,11H,1-6H2. The highest BCUT2D eigenvalue weighted by atomic mass is 79.9. The molecule has 0 saturated heterocycles. The van der Waals surface area contributed by atoms with Crippen LogP contribution in [0, 0.1) is 0 Å². The van der Waals surface area contributed by atoms with E-state index in [9.17, 15) is 13.2 Å². The van der Waals surface area contributed by atoms with Crippen LogP contribution in [0.5, 0.6) is 0 Å². The highest BCUT2D eigenvalue weighted by Crippen LogP contribution is 2.27. The van der Waals surface area contributed by atoms with Crippen LogP contribution < -0.4 is 0 Å². The summed E-state index contributed by atoms with van der Waals surface area (Å²) in [6, 6.07) is 4.25. The van der Waals surface area contributed by atoms with Crippen LogP contribution in [0.15, 0.2) is 27.6 Å². The molecule has 0 aliphatic heterocycles. The maximum Gasteiger partial charge on any atom is 0.338 e. The molecule has 0 bridgehead atoms. The van der Waals surface area contributed by atoms with Crippen molar-refractivity contribution in [1.29, 1.82) is 0 Å². The van der Waals surface area contributed by atoms with Crippen molar-refractivity contribution in [3.63, 3.8) is 0 Å². The first kappa shape index (κ1) is 16.8. The Morgan fingerprint density at radius 2 is 1.81 bits per heavy atom. The predicted octanol–water partition coefficient (Wildman–Crippen LogP) is 4.26. The second kappa shape index (κ2) is 7.11. The van der Waals surface area contributed by atoms with E-state index in [1.54, 1.807) is 0 Å². The van der Waals surface area contributed by atoms with E-state index in [4.69, 9.17) is 15.4 Å². The molecule has 0 atom stereocenters. The molecule has 0 aromatic heterocycles. The topological polar surface area (TPSA) is 60.4 Å². The fraction of sp³-hybridized carbons (Fsp3) is 0.500. The molecule has 2 rings (SSSR count). The Morgan fingerprint density at radius 1 is 1.19 bits per heavy atom. The van der Waals surface area contributed by atoms with E-state index in [2.05, 4.69) is 15.9 Å². The molecule has 21 heavy (non-hydrogen) atoms. The molecule has 1 fully saturated rings. The van der Waals surface area contributed by atoms with Crippen LogP contribution in [0.25, 0.3) is 0 Å². The molecular formula is C14H16BrClO4S. The van der Waals surface area contributed by atoms with E-state index in [1.807, 2.05) is 0 Å². The van der Waals surface area contributed by atoms with Crippen molar-refractivity contribution in [3.05, 3.63) is 28.2 Å². The lowest BCUT2D eigenvalue weighted by atomic mass is 10.1. The molecule has 7 heteroatoms. The largest absolute Gasteiger partial charge is 0.459 e. The van der Waals surface area contributed by atoms with Gasteiger partial charge in [-0.15, -0.1) is 0 Å². The van der Waals surface area contributed by atoms with Crippen molar-refractivity contribution in [3.8, 4) is 0 Å². The Hall–Kier alpha value is -0.590. The van der Waals surface area contributed by atoms with E-state index in [0.29, 0.717) is 4.47 Å². The third-order valence-electron chi connectivity index (χ3n) is 3.51. The highest BCUT2D eigenvalue weighted by molar-refractivity contribution is 9.10. The molecule has 0 amide bonds. The minimum absolute atomic E-state index is 0.0836. The molecule has 1 aliphatic carbocycles. The van der Waals surface area contributed by atoms with Crippen LogP contribution in [-0.2, 0) is 13.8 Å². The van der Waals surface area contributed by atoms with E-state index < -0.39 is 15.0 Å². The summed E-state index contributed by atoms with van der Waals surface area (Å²) in [4.78, 5) is 12.0. The highest BCUT2D eigenvalue weighted by Gasteiger charge is 2.21. The number of rotatable bonds is 3. The molecule has 0 unspecified atom stereocenters. The van der Waals surface area contributed by atoms with Gasteiger partial charge in [0.15, 0.2) is 0 Å². The van der Waals surface area contributed by atoms with E-state index >= 15 is 0 Å². The maximum atomic E-state index is 12.1. The van der Waals surface area contributed by atoms with Gasteiger partial charge in [-0.2, -0.15) is 0 Å². The number of esters is 1. The first-order valence-corrected chi connectivity index (χ1v) is 9.93. The van der Waals surface area contributed by atoms with Gasteiger partial charge in [-0.1, -0.05) is 12.8 Å². The van der Waals surface area contributed by atoms with Crippen LogP contribution in [0.1, 0.15) is 48.9 Å².